The first-order valence-corrected chi connectivity index (χ1v) is 8.01. The molecule has 2 saturated heterocycles. The van der Waals surface area contributed by atoms with E-state index in [9.17, 15) is 4.79 Å². The van der Waals surface area contributed by atoms with E-state index >= 15 is 0 Å². The number of nitrogens with zero attached hydrogens (tertiary/aromatic N) is 1. The lowest BCUT2D eigenvalue weighted by atomic mass is 9.92. The molecule has 1 aromatic rings. The Morgan fingerprint density at radius 1 is 1.20 bits per heavy atom. The maximum atomic E-state index is 12.3. The van der Waals surface area contributed by atoms with Gasteiger partial charge in [-0.1, -0.05) is 30.3 Å². The Balaban J connectivity index is 1.58. The molecule has 0 N–H and O–H groups in total. The van der Waals surface area contributed by atoms with E-state index in [-0.39, 0.29) is 6.09 Å². The van der Waals surface area contributed by atoms with Gasteiger partial charge >= 0.3 is 6.09 Å². The summed E-state index contributed by atoms with van der Waals surface area (Å²) in [4.78, 5) is 14.3. The number of thiol groups is 1. The summed E-state index contributed by atoms with van der Waals surface area (Å²) in [6.45, 7) is 0.367. The molecule has 0 aliphatic carbocycles. The molecule has 3 rings (SSSR count). The number of fused-ring (bicyclic) bond motifs is 2. The minimum atomic E-state index is -0.140. The molecule has 2 bridgehead atoms. The highest BCUT2D eigenvalue weighted by Gasteiger charge is 2.43. The van der Waals surface area contributed by atoms with Crippen molar-refractivity contribution in [3.8, 4) is 0 Å². The summed E-state index contributed by atoms with van der Waals surface area (Å²) >= 11 is 4.41. The van der Waals surface area contributed by atoms with Crippen molar-refractivity contribution in [1.82, 2.24) is 4.90 Å². The first-order chi connectivity index (χ1) is 9.78. The van der Waals surface area contributed by atoms with Crippen LogP contribution in [0.25, 0.3) is 0 Å². The van der Waals surface area contributed by atoms with E-state index in [1.165, 1.54) is 0 Å². The van der Waals surface area contributed by atoms with Crippen molar-refractivity contribution >= 4 is 18.7 Å². The molecule has 2 unspecified atom stereocenters. The zero-order valence-electron chi connectivity index (χ0n) is 11.6. The molecular weight excluding hydrogens is 270 g/mol. The van der Waals surface area contributed by atoms with E-state index < -0.39 is 0 Å². The number of rotatable bonds is 3. The normalized spacial score (nSPS) is 28.4. The van der Waals surface area contributed by atoms with Crippen molar-refractivity contribution < 1.29 is 9.53 Å². The third kappa shape index (κ3) is 2.80. The van der Waals surface area contributed by atoms with Gasteiger partial charge in [0.2, 0.25) is 0 Å². The maximum Gasteiger partial charge on any atom is 0.410 e. The molecule has 2 aliphatic heterocycles. The van der Waals surface area contributed by atoms with Crippen LogP contribution in [0.1, 0.15) is 31.2 Å². The number of hydrogen-bond acceptors (Lipinski definition) is 3. The average Bonchev–Trinajstić information content (AvgIpc) is 2.76. The van der Waals surface area contributed by atoms with Crippen molar-refractivity contribution in [2.24, 2.45) is 5.92 Å². The fourth-order valence-corrected chi connectivity index (χ4v) is 3.83. The summed E-state index contributed by atoms with van der Waals surface area (Å²) in [5.41, 5.74) is 1.04. The fourth-order valence-electron chi connectivity index (χ4n) is 3.53. The molecule has 3 nitrogen and oxygen atoms in total. The largest absolute Gasteiger partial charge is 0.445 e. The molecular formula is C16H21NO2S. The van der Waals surface area contributed by atoms with E-state index in [1.54, 1.807) is 0 Å². The number of piperidine rings is 1. The summed E-state index contributed by atoms with van der Waals surface area (Å²) in [6.07, 6.45) is 4.27. The van der Waals surface area contributed by atoms with Crippen LogP contribution in [0.3, 0.4) is 0 Å². The summed E-state index contributed by atoms with van der Waals surface area (Å²) in [7, 11) is 0. The van der Waals surface area contributed by atoms with E-state index in [0.717, 1.165) is 37.0 Å². The van der Waals surface area contributed by atoms with E-state index in [2.05, 4.69) is 12.6 Å². The Labute approximate surface area is 125 Å². The van der Waals surface area contributed by atoms with Crippen LogP contribution in [0.15, 0.2) is 30.3 Å². The van der Waals surface area contributed by atoms with Crippen LogP contribution < -0.4 is 0 Å². The van der Waals surface area contributed by atoms with Gasteiger partial charge in [0.05, 0.1) is 0 Å². The second kappa shape index (κ2) is 6.08. The van der Waals surface area contributed by atoms with Crippen LogP contribution in [-0.4, -0.2) is 28.8 Å². The molecule has 108 valence electrons. The van der Waals surface area contributed by atoms with Gasteiger partial charge in [-0.25, -0.2) is 4.79 Å². The number of carbonyl (C=O) groups excluding carboxylic acids is 1. The predicted molar refractivity (Wildman–Crippen MR) is 81.9 cm³/mol. The van der Waals surface area contributed by atoms with Gasteiger partial charge in [0.1, 0.15) is 6.61 Å². The maximum absolute atomic E-state index is 12.3. The molecule has 1 amide bonds. The van der Waals surface area contributed by atoms with Crippen LogP contribution in [0.2, 0.25) is 0 Å². The van der Waals surface area contributed by atoms with E-state index in [0.29, 0.717) is 24.6 Å². The molecule has 2 fully saturated rings. The topological polar surface area (TPSA) is 29.5 Å². The highest BCUT2D eigenvalue weighted by molar-refractivity contribution is 7.80. The van der Waals surface area contributed by atoms with Gasteiger partial charge in [0.25, 0.3) is 0 Å². The standard InChI is InChI=1S/C16H21NO2S/c18-16(19-10-12-4-2-1-3-5-12)17-14-6-7-15(17)9-13(8-14)11-20/h1-5,13-15,20H,6-11H2. The molecule has 2 atom stereocenters. The molecule has 1 aromatic carbocycles. The highest BCUT2D eigenvalue weighted by atomic mass is 32.1. The van der Waals surface area contributed by atoms with Crippen molar-refractivity contribution in [1.29, 1.82) is 0 Å². The van der Waals surface area contributed by atoms with Crippen molar-refractivity contribution in [2.45, 2.75) is 44.4 Å². The average molecular weight is 291 g/mol. The van der Waals surface area contributed by atoms with Gasteiger partial charge in [-0.05, 0) is 42.9 Å². The number of carbonyl (C=O) groups is 1. The van der Waals surface area contributed by atoms with Crippen LogP contribution in [-0.2, 0) is 11.3 Å². The lowest BCUT2D eigenvalue weighted by Gasteiger charge is -2.37. The third-order valence-electron chi connectivity index (χ3n) is 4.50. The fraction of sp³-hybridized carbons (Fsp3) is 0.562. The molecule has 0 aromatic heterocycles. The quantitative estimate of drug-likeness (QED) is 0.864. The Kier molecular flexibility index (Phi) is 4.20. The van der Waals surface area contributed by atoms with Crippen LogP contribution in [0.4, 0.5) is 4.79 Å². The minimum Gasteiger partial charge on any atom is -0.445 e. The van der Waals surface area contributed by atoms with Crippen molar-refractivity contribution in [3.63, 3.8) is 0 Å². The Morgan fingerprint density at radius 3 is 2.45 bits per heavy atom. The van der Waals surface area contributed by atoms with E-state index in [4.69, 9.17) is 4.74 Å². The summed E-state index contributed by atoms with van der Waals surface area (Å²) < 4.78 is 5.49. The number of amides is 1. The zero-order valence-corrected chi connectivity index (χ0v) is 12.5. The highest BCUT2D eigenvalue weighted by Crippen LogP contribution is 2.39. The third-order valence-corrected chi connectivity index (χ3v) is 5.02. The predicted octanol–water partition coefficient (Wildman–Crippen LogP) is 3.50. The van der Waals surface area contributed by atoms with Gasteiger partial charge in [0.15, 0.2) is 0 Å². The van der Waals surface area contributed by atoms with Gasteiger partial charge in [0, 0.05) is 12.1 Å². The monoisotopic (exact) mass is 291 g/mol. The lowest BCUT2D eigenvalue weighted by Crippen LogP contribution is -2.47. The molecule has 2 heterocycles. The smallest absolute Gasteiger partial charge is 0.410 e. The van der Waals surface area contributed by atoms with Crippen molar-refractivity contribution in [2.75, 3.05) is 5.75 Å². The summed E-state index contributed by atoms with van der Waals surface area (Å²) in [6, 6.07) is 10.6. The summed E-state index contributed by atoms with van der Waals surface area (Å²) in [5.74, 6) is 1.59. The van der Waals surface area contributed by atoms with Gasteiger partial charge in [-0.3, -0.25) is 0 Å². The molecule has 20 heavy (non-hydrogen) atoms. The van der Waals surface area contributed by atoms with E-state index in [1.807, 2.05) is 35.2 Å². The Bertz CT molecular complexity index is 451. The molecule has 0 spiro atoms. The SMILES string of the molecule is O=C(OCc1ccccc1)N1C2CCC1CC(CS)C2. The van der Waals surface area contributed by atoms with Crippen LogP contribution >= 0.6 is 12.6 Å². The van der Waals surface area contributed by atoms with Gasteiger partial charge in [-0.15, -0.1) is 0 Å². The summed E-state index contributed by atoms with van der Waals surface area (Å²) in [5, 5.41) is 0. The van der Waals surface area contributed by atoms with Crippen molar-refractivity contribution in [3.05, 3.63) is 35.9 Å². The first-order valence-electron chi connectivity index (χ1n) is 7.38. The first kappa shape index (κ1) is 13.8. The van der Waals surface area contributed by atoms with Crippen LogP contribution in [0, 0.1) is 5.92 Å². The molecule has 0 radical (unpaired) electrons. The zero-order chi connectivity index (χ0) is 13.9. The second-order valence-corrected chi connectivity index (χ2v) is 6.22. The minimum absolute atomic E-state index is 0.140. The van der Waals surface area contributed by atoms with Gasteiger partial charge < -0.3 is 9.64 Å². The Morgan fingerprint density at radius 2 is 1.85 bits per heavy atom. The molecule has 2 aliphatic rings. The van der Waals surface area contributed by atoms with Gasteiger partial charge in [-0.2, -0.15) is 12.6 Å². The second-order valence-electron chi connectivity index (χ2n) is 5.85. The number of ether oxygens (including phenoxy) is 1. The number of hydrogen-bond donors (Lipinski definition) is 1. The number of benzene rings is 1. The van der Waals surface area contributed by atoms with Crippen LogP contribution in [0.5, 0.6) is 0 Å². The molecule has 4 heteroatoms. The lowest BCUT2D eigenvalue weighted by molar-refractivity contribution is 0.0558. The Hall–Kier alpha value is -1.16. The molecule has 0 saturated carbocycles.